The second kappa shape index (κ2) is 4.26. The van der Waals surface area contributed by atoms with Crippen molar-refractivity contribution in [2.24, 2.45) is 0 Å². The zero-order chi connectivity index (χ0) is 8.97. The van der Waals surface area contributed by atoms with Crippen molar-refractivity contribution in [1.82, 2.24) is 15.5 Å². The van der Waals surface area contributed by atoms with Crippen molar-refractivity contribution >= 4 is 0 Å². The maximum Gasteiger partial charge on any atom is 0.0522 e. The van der Waals surface area contributed by atoms with E-state index < -0.39 is 0 Å². The van der Waals surface area contributed by atoms with Crippen LogP contribution in [0.4, 0.5) is 0 Å². The minimum absolute atomic E-state index is 0.521. The number of nitrogens with zero attached hydrogens (tertiary/aromatic N) is 1. The lowest BCUT2D eigenvalue weighted by atomic mass is 10.1. The molecule has 3 nitrogen and oxygen atoms in total. The second-order valence-electron chi connectivity index (χ2n) is 3.12. The number of nitrogens with one attached hydrogen (secondary N) is 2. The monoisotopic (exact) mass is 167 g/mol. The Labute approximate surface area is 73.6 Å². The minimum atomic E-state index is 0.521. The average Bonchev–Trinajstić information content (AvgIpc) is 2.51. The van der Waals surface area contributed by atoms with Gasteiger partial charge in [0.25, 0.3) is 0 Å². The van der Waals surface area contributed by atoms with E-state index in [1.165, 1.54) is 11.3 Å². The minimum Gasteiger partial charge on any atom is -0.317 e. The first-order chi connectivity index (χ1) is 5.77. The molecule has 0 amide bonds. The summed E-state index contributed by atoms with van der Waals surface area (Å²) in [5.41, 5.74) is 2.59. The maximum absolute atomic E-state index is 4.03. The van der Waals surface area contributed by atoms with Crippen LogP contribution in [0.5, 0.6) is 0 Å². The van der Waals surface area contributed by atoms with Gasteiger partial charge in [-0.15, -0.1) is 0 Å². The molecule has 0 saturated heterocycles. The quantitative estimate of drug-likeness (QED) is 0.705. The number of aromatic nitrogens is 2. The summed E-state index contributed by atoms with van der Waals surface area (Å²) >= 11 is 0. The molecule has 0 aliphatic heterocycles. The molecule has 0 spiro atoms. The van der Waals surface area contributed by atoms with Crippen molar-refractivity contribution in [3.05, 3.63) is 17.5 Å². The van der Waals surface area contributed by atoms with Gasteiger partial charge in [-0.2, -0.15) is 5.10 Å². The van der Waals surface area contributed by atoms with Gasteiger partial charge >= 0.3 is 0 Å². The molecule has 0 radical (unpaired) electrons. The number of hydrogen-bond donors (Lipinski definition) is 2. The molecule has 1 aromatic rings. The fourth-order valence-corrected chi connectivity index (χ4v) is 1.25. The van der Waals surface area contributed by atoms with Crippen molar-refractivity contribution in [3.63, 3.8) is 0 Å². The zero-order valence-electron chi connectivity index (χ0n) is 8.02. The molecule has 0 aliphatic carbocycles. The molecule has 3 heteroatoms. The smallest absolute Gasteiger partial charge is 0.0522 e. The van der Waals surface area contributed by atoms with Gasteiger partial charge in [0.1, 0.15) is 0 Å². The third kappa shape index (κ3) is 2.08. The lowest BCUT2D eigenvalue weighted by Crippen LogP contribution is -2.23. The van der Waals surface area contributed by atoms with E-state index in [1.807, 2.05) is 13.2 Å². The first kappa shape index (κ1) is 9.26. The van der Waals surface area contributed by atoms with Gasteiger partial charge < -0.3 is 5.32 Å². The van der Waals surface area contributed by atoms with Crippen LogP contribution in [0.2, 0.25) is 0 Å². The van der Waals surface area contributed by atoms with E-state index in [4.69, 9.17) is 0 Å². The number of aryl methyl sites for hydroxylation is 1. The molecule has 0 saturated carbocycles. The van der Waals surface area contributed by atoms with Crippen LogP contribution in [0.1, 0.15) is 25.1 Å². The summed E-state index contributed by atoms with van der Waals surface area (Å²) in [4.78, 5) is 0. The molecule has 0 fully saturated rings. The van der Waals surface area contributed by atoms with Crippen LogP contribution < -0.4 is 5.32 Å². The summed E-state index contributed by atoms with van der Waals surface area (Å²) in [6, 6.07) is 0.521. The number of hydrogen-bond acceptors (Lipinski definition) is 2. The fourth-order valence-electron chi connectivity index (χ4n) is 1.25. The van der Waals surface area contributed by atoms with Crippen LogP contribution in [0.15, 0.2) is 6.20 Å². The predicted octanol–water partition coefficient (Wildman–Crippen LogP) is 1.12. The zero-order valence-corrected chi connectivity index (χ0v) is 8.02. The Morgan fingerprint density at radius 3 is 3.00 bits per heavy atom. The Morgan fingerprint density at radius 2 is 2.42 bits per heavy atom. The molecule has 1 unspecified atom stereocenters. The van der Waals surface area contributed by atoms with E-state index in [9.17, 15) is 0 Å². The Bertz CT molecular complexity index is 229. The van der Waals surface area contributed by atoms with Gasteiger partial charge in [0, 0.05) is 11.7 Å². The van der Waals surface area contributed by atoms with Crippen LogP contribution in [-0.2, 0) is 12.8 Å². The van der Waals surface area contributed by atoms with Gasteiger partial charge in [0.2, 0.25) is 0 Å². The molecule has 0 bridgehead atoms. The molecule has 68 valence electrons. The fraction of sp³-hybridized carbons (Fsp3) is 0.667. The molecule has 0 aromatic carbocycles. The van der Waals surface area contributed by atoms with Crippen LogP contribution in [0.3, 0.4) is 0 Å². The summed E-state index contributed by atoms with van der Waals surface area (Å²) in [5, 5.41) is 10.2. The molecule has 1 rings (SSSR count). The third-order valence-corrected chi connectivity index (χ3v) is 2.18. The average molecular weight is 167 g/mol. The lowest BCUT2D eigenvalue weighted by molar-refractivity contribution is 0.606. The van der Waals surface area contributed by atoms with Crippen molar-refractivity contribution in [2.75, 3.05) is 7.05 Å². The van der Waals surface area contributed by atoms with Gasteiger partial charge in [-0.25, -0.2) is 0 Å². The topological polar surface area (TPSA) is 40.7 Å². The first-order valence-electron chi connectivity index (χ1n) is 4.46. The van der Waals surface area contributed by atoms with Gasteiger partial charge in [-0.3, -0.25) is 5.10 Å². The summed E-state index contributed by atoms with van der Waals surface area (Å²) in [5.74, 6) is 0. The number of likely N-dealkylation sites (N-methyl/N-ethyl adjacent to an activating group) is 1. The van der Waals surface area contributed by atoms with Crippen LogP contribution in [0.25, 0.3) is 0 Å². The molecule has 0 aliphatic rings. The predicted molar refractivity (Wildman–Crippen MR) is 50.2 cm³/mol. The van der Waals surface area contributed by atoms with Gasteiger partial charge in [-0.05, 0) is 32.4 Å². The second-order valence-corrected chi connectivity index (χ2v) is 3.12. The van der Waals surface area contributed by atoms with E-state index >= 15 is 0 Å². The Kier molecular flexibility index (Phi) is 3.29. The van der Waals surface area contributed by atoms with Gasteiger partial charge in [0.15, 0.2) is 0 Å². The number of rotatable bonds is 4. The standard InChI is InChI=1S/C9H17N3/c1-4-9-8(6-11-12-9)5-7(2)10-3/h6-7,10H,4-5H2,1-3H3,(H,11,12). The van der Waals surface area contributed by atoms with Crippen molar-refractivity contribution < 1.29 is 0 Å². The van der Waals surface area contributed by atoms with Crippen LogP contribution >= 0.6 is 0 Å². The highest BCUT2D eigenvalue weighted by Crippen LogP contribution is 2.07. The highest BCUT2D eigenvalue weighted by Gasteiger charge is 2.06. The van der Waals surface area contributed by atoms with Crippen LogP contribution in [0, 0.1) is 0 Å². The molecule has 1 aromatic heterocycles. The largest absolute Gasteiger partial charge is 0.317 e. The van der Waals surface area contributed by atoms with E-state index in [2.05, 4.69) is 29.4 Å². The van der Waals surface area contributed by atoms with Crippen molar-refractivity contribution in [2.45, 2.75) is 32.7 Å². The van der Waals surface area contributed by atoms with E-state index in [1.54, 1.807) is 0 Å². The summed E-state index contributed by atoms with van der Waals surface area (Å²) in [7, 11) is 1.98. The molecule has 2 N–H and O–H groups in total. The summed E-state index contributed by atoms with van der Waals surface area (Å²) in [6.07, 6.45) is 4.01. The molecular formula is C9H17N3. The number of aromatic amines is 1. The molecule has 1 heterocycles. The Hall–Kier alpha value is -0.830. The third-order valence-electron chi connectivity index (χ3n) is 2.18. The molecular weight excluding hydrogens is 150 g/mol. The normalized spacial score (nSPS) is 13.2. The Morgan fingerprint density at radius 1 is 1.67 bits per heavy atom. The maximum atomic E-state index is 4.03. The van der Waals surface area contributed by atoms with E-state index in [0.29, 0.717) is 6.04 Å². The van der Waals surface area contributed by atoms with Gasteiger partial charge in [-0.1, -0.05) is 6.92 Å². The SMILES string of the molecule is CCc1[nH]ncc1CC(C)NC. The van der Waals surface area contributed by atoms with Crippen LogP contribution in [-0.4, -0.2) is 23.3 Å². The summed E-state index contributed by atoms with van der Waals surface area (Å²) < 4.78 is 0. The van der Waals surface area contributed by atoms with E-state index in [-0.39, 0.29) is 0 Å². The highest BCUT2D eigenvalue weighted by molar-refractivity contribution is 5.17. The highest BCUT2D eigenvalue weighted by atomic mass is 15.1. The number of H-pyrrole nitrogens is 1. The first-order valence-corrected chi connectivity index (χ1v) is 4.46. The molecule has 1 atom stereocenters. The molecule has 12 heavy (non-hydrogen) atoms. The Balaban J connectivity index is 2.61. The van der Waals surface area contributed by atoms with Crippen molar-refractivity contribution in [1.29, 1.82) is 0 Å². The van der Waals surface area contributed by atoms with E-state index in [0.717, 1.165) is 12.8 Å². The summed E-state index contributed by atoms with van der Waals surface area (Å²) in [6.45, 7) is 4.31. The van der Waals surface area contributed by atoms with Gasteiger partial charge in [0.05, 0.1) is 6.20 Å². The van der Waals surface area contributed by atoms with Crippen molar-refractivity contribution in [3.8, 4) is 0 Å². The lowest BCUT2D eigenvalue weighted by Gasteiger charge is -2.08.